The Morgan fingerprint density at radius 1 is 0.935 bits per heavy atom. The number of hydrogen-bond acceptors (Lipinski definition) is 8. The molecule has 1 atom stereocenters. The number of rotatable bonds is 9. The number of Topliss-reactive ketones (excluding diaryl/α,β-unsaturated/α-hetero) is 1. The molecule has 166 valence electrons. The summed E-state index contributed by atoms with van der Waals surface area (Å²) in [7, 11) is 5.72. The largest absolute Gasteiger partial charge is 0.495 e. The molecule has 0 radical (unpaired) electrons. The minimum atomic E-state index is -1.43. The first-order chi connectivity index (χ1) is 14.8. The fourth-order valence-corrected chi connectivity index (χ4v) is 3.11. The third-order valence-corrected chi connectivity index (χ3v) is 4.76. The Morgan fingerprint density at radius 2 is 1.58 bits per heavy atom. The van der Waals surface area contributed by atoms with E-state index in [0.29, 0.717) is 11.5 Å². The molecule has 0 spiro atoms. The summed E-state index contributed by atoms with van der Waals surface area (Å²) < 4.78 is 20.7. The first-order valence-corrected chi connectivity index (χ1v) is 9.57. The Labute approximate surface area is 189 Å². The fourth-order valence-electron chi connectivity index (χ4n) is 2.56. The highest BCUT2D eigenvalue weighted by molar-refractivity contribution is 6.34. The molecule has 0 aliphatic carbocycles. The SMILES string of the molecule is COc1cc(OC)c(NC(=O)C(N=Nc2ccc(OC)c(Cl)c2OC)C(C)=O)cc1Cl. The first kappa shape index (κ1) is 24.2. The summed E-state index contributed by atoms with van der Waals surface area (Å²) in [4.78, 5) is 24.8. The number of benzene rings is 2. The quantitative estimate of drug-likeness (QED) is 0.420. The third-order valence-electron chi connectivity index (χ3n) is 4.11. The van der Waals surface area contributed by atoms with Crippen molar-refractivity contribution < 1.29 is 28.5 Å². The van der Waals surface area contributed by atoms with Crippen molar-refractivity contribution in [1.29, 1.82) is 0 Å². The number of carbonyl (C=O) groups excluding carboxylic acids is 2. The van der Waals surface area contributed by atoms with Crippen LogP contribution in [0.2, 0.25) is 10.0 Å². The Kier molecular flexibility index (Phi) is 8.47. The minimum Gasteiger partial charge on any atom is -0.495 e. The summed E-state index contributed by atoms with van der Waals surface area (Å²) in [5.74, 6) is -0.0362. The topological polar surface area (TPSA) is 108 Å². The molecule has 9 nitrogen and oxygen atoms in total. The number of nitrogens with zero attached hydrogens (tertiary/aromatic N) is 2. The molecule has 0 saturated carbocycles. The van der Waals surface area contributed by atoms with Crippen LogP contribution in [0, 0.1) is 0 Å². The van der Waals surface area contributed by atoms with Gasteiger partial charge >= 0.3 is 0 Å². The maximum atomic E-state index is 12.7. The maximum absolute atomic E-state index is 12.7. The van der Waals surface area contributed by atoms with Gasteiger partial charge in [-0.1, -0.05) is 23.2 Å². The standard InChI is InChI=1S/C20H21Cl2N3O6/c1-10(26)18(25-24-12-6-7-14(28-2)17(22)19(12)31-5)20(27)23-13-8-11(21)15(29-3)9-16(13)30-4/h6-9,18H,1-5H3,(H,23,27). The lowest BCUT2D eigenvalue weighted by molar-refractivity contribution is -0.126. The second-order valence-electron chi connectivity index (χ2n) is 6.04. The van der Waals surface area contributed by atoms with Gasteiger partial charge in [-0.3, -0.25) is 9.59 Å². The number of hydrogen-bond donors (Lipinski definition) is 1. The van der Waals surface area contributed by atoms with Crippen molar-refractivity contribution in [3.8, 4) is 23.0 Å². The van der Waals surface area contributed by atoms with E-state index in [0.717, 1.165) is 0 Å². The first-order valence-electron chi connectivity index (χ1n) is 8.81. The molecule has 0 aliphatic heterocycles. The van der Waals surface area contributed by atoms with Crippen LogP contribution in [-0.2, 0) is 9.59 Å². The zero-order chi connectivity index (χ0) is 23.1. The van der Waals surface area contributed by atoms with E-state index < -0.39 is 17.7 Å². The number of amides is 1. The lowest BCUT2D eigenvalue weighted by Gasteiger charge is -2.15. The summed E-state index contributed by atoms with van der Waals surface area (Å²) in [6.07, 6.45) is 0. The van der Waals surface area contributed by atoms with Gasteiger partial charge in [-0.25, -0.2) is 0 Å². The number of methoxy groups -OCH3 is 4. The molecule has 1 amide bonds. The van der Waals surface area contributed by atoms with Gasteiger partial charge < -0.3 is 24.3 Å². The van der Waals surface area contributed by atoms with Crippen LogP contribution in [-0.4, -0.2) is 46.2 Å². The van der Waals surface area contributed by atoms with Gasteiger partial charge in [0.15, 0.2) is 11.5 Å². The molecule has 0 saturated heterocycles. The molecule has 1 unspecified atom stereocenters. The van der Waals surface area contributed by atoms with Gasteiger partial charge in [0.1, 0.15) is 28.0 Å². The van der Waals surface area contributed by atoms with Crippen molar-refractivity contribution in [3.63, 3.8) is 0 Å². The monoisotopic (exact) mass is 469 g/mol. The number of anilines is 1. The molecule has 0 aromatic heterocycles. The van der Waals surface area contributed by atoms with Crippen LogP contribution in [0.4, 0.5) is 11.4 Å². The summed E-state index contributed by atoms with van der Waals surface area (Å²) >= 11 is 12.3. The number of nitrogens with one attached hydrogen (secondary N) is 1. The van der Waals surface area contributed by atoms with Gasteiger partial charge in [0.05, 0.1) is 39.1 Å². The van der Waals surface area contributed by atoms with Gasteiger partial charge in [-0.15, -0.1) is 0 Å². The molecule has 2 aromatic rings. The van der Waals surface area contributed by atoms with Gasteiger partial charge in [0, 0.05) is 6.07 Å². The fraction of sp³-hybridized carbons (Fsp3) is 0.300. The van der Waals surface area contributed by atoms with E-state index >= 15 is 0 Å². The molecular weight excluding hydrogens is 449 g/mol. The Morgan fingerprint density at radius 3 is 2.13 bits per heavy atom. The Bertz CT molecular complexity index is 1010. The van der Waals surface area contributed by atoms with Crippen molar-refractivity contribution in [2.45, 2.75) is 13.0 Å². The van der Waals surface area contributed by atoms with E-state index in [2.05, 4.69) is 15.5 Å². The van der Waals surface area contributed by atoms with Gasteiger partial charge in [-0.2, -0.15) is 10.2 Å². The average molecular weight is 470 g/mol. The number of carbonyl (C=O) groups is 2. The molecule has 2 aromatic carbocycles. The van der Waals surface area contributed by atoms with Gasteiger partial charge in [0.2, 0.25) is 6.04 Å². The summed E-state index contributed by atoms with van der Waals surface area (Å²) in [5, 5.41) is 10.9. The predicted octanol–water partition coefficient (Wildman–Crippen LogP) is 4.71. The van der Waals surface area contributed by atoms with E-state index in [-0.39, 0.29) is 32.9 Å². The average Bonchev–Trinajstić information content (AvgIpc) is 2.74. The zero-order valence-corrected chi connectivity index (χ0v) is 19.0. The van der Waals surface area contributed by atoms with E-state index in [1.807, 2.05) is 0 Å². The number of azo groups is 1. The highest BCUT2D eigenvalue weighted by Gasteiger charge is 2.25. The van der Waals surface area contributed by atoms with Crippen LogP contribution in [0.25, 0.3) is 0 Å². The van der Waals surface area contributed by atoms with Crippen LogP contribution in [0.1, 0.15) is 6.92 Å². The molecule has 11 heteroatoms. The summed E-state index contributed by atoms with van der Waals surface area (Å²) in [6, 6.07) is 4.61. The molecule has 0 bridgehead atoms. The van der Waals surface area contributed by atoms with E-state index in [1.54, 1.807) is 6.07 Å². The second kappa shape index (κ2) is 10.8. The van der Waals surface area contributed by atoms with Crippen LogP contribution in [0.5, 0.6) is 23.0 Å². The molecule has 31 heavy (non-hydrogen) atoms. The summed E-state index contributed by atoms with van der Waals surface area (Å²) in [6.45, 7) is 1.22. The third kappa shape index (κ3) is 5.56. The van der Waals surface area contributed by atoms with Crippen molar-refractivity contribution in [3.05, 3.63) is 34.3 Å². The summed E-state index contributed by atoms with van der Waals surface area (Å²) in [5.41, 5.74) is 0.460. The lowest BCUT2D eigenvalue weighted by Crippen LogP contribution is -2.32. The van der Waals surface area contributed by atoms with Crippen LogP contribution in [0.15, 0.2) is 34.5 Å². The number of ketones is 1. The highest BCUT2D eigenvalue weighted by atomic mass is 35.5. The van der Waals surface area contributed by atoms with Crippen molar-refractivity contribution in [1.82, 2.24) is 0 Å². The molecular formula is C20H21Cl2N3O6. The normalized spacial score (nSPS) is 11.7. The Balaban J connectivity index is 2.34. The lowest BCUT2D eigenvalue weighted by atomic mass is 10.2. The number of halogens is 2. The van der Waals surface area contributed by atoms with E-state index in [1.165, 1.54) is 53.6 Å². The maximum Gasteiger partial charge on any atom is 0.258 e. The molecule has 0 aliphatic rings. The second-order valence-corrected chi connectivity index (χ2v) is 6.82. The number of ether oxygens (including phenoxy) is 4. The zero-order valence-electron chi connectivity index (χ0n) is 17.5. The molecule has 0 heterocycles. The highest BCUT2D eigenvalue weighted by Crippen LogP contribution is 2.41. The van der Waals surface area contributed by atoms with E-state index in [4.69, 9.17) is 42.1 Å². The smallest absolute Gasteiger partial charge is 0.258 e. The Hall–Kier alpha value is -3.04. The van der Waals surface area contributed by atoms with Crippen molar-refractivity contribution in [2.75, 3.05) is 33.8 Å². The molecule has 2 rings (SSSR count). The van der Waals surface area contributed by atoms with Crippen LogP contribution < -0.4 is 24.3 Å². The van der Waals surface area contributed by atoms with Gasteiger partial charge in [0.25, 0.3) is 5.91 Å². The molecule has 0 fully saturated rings. The van der Waals surface area contributed by atoms with E-state index in [9.17, 15) is 9.59 Å². The van der Waals surface area contributed by atoms with Crippen LogP contribution in [0.3, 0.4) is 0 Å². The van der Waals surface area contributed by atoms with Gasteiger partial charge in [-0.05, 0) is 25.1 Å². The van der Waals surface area contributed by atoms with Crippen LogP contribution >= 0.6 is 23.2 Å². The minimum absolute atomic E-state index is 0.183. The van der Waals surface area contributed by atoms with Crippen molar-refractivity contribution in [2.24, 2.45) is 10.2 Å². The molecule has 1 N–H and O–H groups in total. The predicted molar refractivity (Wildman–Crippen MR) is 117 cm³/mol. The van der Waals surface area contributed by atoms with Crippen molar-refractivity contribution >= 4 is 46.3 Å².